The van der Waals surface area contributed by atoms with Gasteiger partial charge in [0.2, 0.25) is 0 Å². The Labute approximate surface area is 267 Å². The third kappa shape index (κ3) is 5.97. The summed E-state index contributed by atoms with van der Waals surface area (Å²) in [6.07, 6.45) is 0. The molecule has 0 bridgehead atoms. The van der Waals surface area contributed by atoms with Crippen LogP contribution < -0.4 is 4.52 Å². The number of benzene rings is 3. The van der Waals surface area contributed by atoms with Gasteiger partial charge in [-0.1, -0.05) is 45.9 Å². The van der Waals surface area contributed by atoms with Crippen LogP contribution in [-0.2, 0) is 14.9 Å². The molecule has 0 fully saturated rings. The molecule has 3 N–H and O–H groups in total. The zero-order chi connectivity index (χ0) is 26.6. The zero-order valence-corrected chi connectivity index (χ0v) is 28.1. The van der Waals surface area contributed by atoms with Gasteiger partial charge >= 0.3 is 13.8 Å². The second-order valence-electron chi connectivity index (χ2n) is 9.94. The molecule has 10 heteroatoms. The van der Waals surface area contributed by atoms with Gasteiger partial charge in [-0.15, -0.1) is 0 Å². The maximum Gasteiger partial charge on any atom is 0.524 e. The smallest absolute Gasteiger partial charge is 0.508 e. The van der Waals surface area contributed by atoms with Crippen molar-refractivity contribution < 1.29 is 33.5 Å². The minimum Gasteiger partial charge on any atom is -0.508 e. The van der Waals surface area contributed by atoms with Gasteiger partial charge in [0.15, 0.2) is 5.60 Å². The number of cyclic esters (lactones) is 1. The summed E-state index contributed by atoms with van der Waals surface area (Å²) >= 11 is 0. The Morgan fingerprint density at radius 1 is 0.842 bits per heavy atom. The van der Waals surface area contributed by atoms with E-state index >= 15 is 0 Å². The van der Waals surface area contributed by atoms with Crippen LogP contribution in [0, 0.1) is 13.8 Å². The molecule has 4 rings (SSSR count). The second kappa shape index (κ2) is 12.2. The first-order chi connectivity index (χ1) is 16.8. The average molecular weight is 557 g/mol. The van der Waals surface area contributed by atoms with Crippen LogP contribution in [0.25, 0.3) is 0 Å². The van der Waals surface area contributed by atoms with Gasteiger partial charge in [0, 0.05) is 75.8 Å². The van der Waals surface area contributed by atoms with Crippen LogP contribution in [0.4, 0.5) is 0 Å². The fourth-order valence-corrected chi connectivity index (χ4v) is 5.46. The summed E-state index contributed by atoms with van der Waals surface area (Å²) in [5.74, 6) is -0.352. The van der Waals surface area contributed by atoms with Gasteiger partial charge in [-0.25, -0.2) is 9.36 Å². The fraction of sp³-hybridized carbons (Fsp3) is 0.321. The number of phosphoric ester groups is 1. The Bertz CT molecular complexity index is 1410. The summed E-state index contributed by atoms with van der Waals surface area (Å²) < 4.78 is 23.0. The number of phosphoric acid groups is 1. The molecule has 2 radical (unpaired) electrons. The van der Waals surface area contributed by atoms with Crippen LogP contribution in [0.3, 0.4) is 0 Å². The predicted octanol–water partition coefficient (Wildman–Crippen LogP) is 5.43. The van der Waals surface area contributed by atoms with Crippen LogP contribution in [0.2, 0.25) is 0 Å². The van der Waals surface area contributed by atoms with E-state index in [1.807, 2.05) is 58.9 Å². The van der Waals surface area contributed by atoms with Crippen LogP contribution in [-0.4, -0.2) is 80.0 Å². The maximum atomic E-state index is 13.2. The van der Waals surface area contributed by atoms with Crippen LogP contribution >= 0.6 is 7.82 Å². The number of ether oxygens (including phenoxy) is 1. The van der Waals surface area contributed by atoms with Gasteiger partial charge in [0.25, 0.3) is 0 Å². The Morgan fingerprint density at radius 3 is 1.92 bits per heavy atom. The monoisotopic (exact) mass is 556 g/mol. The van der Waals surface area contributed by atoms with Crippen molar-refractivity contribution in [3.8, 4) is 11.5 Å². The number of hydrogen-bond donors (Lipinski definition) is 3. The van der Waals surface area contributed by atoms with E-state index in [0.717, 1.165) is 11.1 Å². The summed E-state index contributed by atoms with van der Waals surface area (Å²) in [5.41, 5.74) is 3.81. The summed E-state index contributed by atoms with van der Waals surface area (Å²) in [7, 11) is -4.80. The molecule has 3 aromatic rings. The second-order valence-corrected chi connectivity index (χ2v) is 11.1. The normalized spacial score (nSPS) is 16.5. The molecule has 0 spiro atoms. The predicted molar refractivity (Wildman–Crippen MR) is 148 cm³/mol. The molecule has 7 nitrogen and oxygen atoms in total. The van der Waals surface area contributed by atoms with Crippen LogP contribution in [0.1, 0.15) is 88.8 Å². The molecule has 192 valence electrons. The minimum absolute atomic E-state index is 0. The van der Waals surface area contributed by atoms with Crippen LogP contribution in [0.5, 0.6) is 11.5 Å². The van der Waals surface area contributed by atoms with Gasteiger partial charge < -0.3 is 14.4 Å². The van der Waals surface area contributed by atoms with E-state index in [0.29, 0.717) is 33.4 Å². The molecule has 38 heavy (non-hydrogen) atoms. The van der Waals surface area contributed by atoms with Gasteiger partial charge in [-0.3, -0.25) is 9.79 Å². The molecule has 0 aliphatic carbocycles. The molecule has 3 aromatic carbocycles. The largest absolute Gasteiger partial charge is 0.524 e. The van der Waals surface area contributed by atoms with Crippen molar-refractivity contribution in [2.45, 2.75) is 59.0 Å². The van der Waals surface area contributed by atoms with E-state index in [-0.39, 0.29) is 82.4 Å². The number of esters is 1. The maximum absolute atomic E-state index is 13.2. The van der Waals surface area contributed by atoms with Gasteiger partial charge in [-0.2, -0.15) is 0 Å². The molecule has 0 saturated carbocycles. The van der Waals surface area contributed by atoms with Crippen molar-refractivity contribution in [1.29, 1.82) is 0 Å². The van der Waals surface area contributed by atoms with Gasteiger partial charge in [0.1, 0.15) is 11.5 Å². The van der Waals surface area contributed by atoms with Crippen molar-refractivity contribution >= 4 is 72.9 Å². The molecule has 0 aromatic heterocycles. The third-order valence-electron chi connectivity index (χ3n) is 6.72. The van der Waals surface area contributed by atoms with Gasteiger partial charge in [0.05, 0.1) is 5.56 Å². The van der Waals surface area contributed by atoms with E-state index in [9.17, 15) is 24.3 Å². The number of phenolic OH excluding ortho intramolecular Hbond substituents is 1. The van der Waals surface area contributed by atoms with Crippen LogP contribution in [0.15, 0.2) is 48.5 Å². The average Bonchev–Trinajstić information content (AvgIpc) is 3.05. The van der Waals surface area contributed by atoms with Crippen molar-refractivity contribution in [3.63, 3.8) is 0 Å². The molecule has 1 heterocycles. The van der Waals surface area contributed by atoms with Crippen molar-refractivity contribution in [3.05, 3.63) is 93.0 Å². The first-order valence-corrected chi connectivity index (χ1v) is 13.4. The van der Waals surface area contributed by atoms with E-state index in [4.69, 9.17) is 9.26 Å². The van der Waals surface area contributed by atoms with E-state index in [1.165, 1.54) is 0 Å². The third-order valence-corrected chi connectivity index (χ3v) is 7.16. The molecular weight excluding hydrogens is 525 g/mol. The number of carbonyl (C=O) groups is 1. The quantitative estimate of drug-likeness (QED) is 0.211. The molecule has 0 saturated heterocycles. The first kappa shape index (κ1) is 33.1. The summed E-state index contributed by atoms with van der Waals surface area (Å²) in [4.78, 5) is 32.2. The SMILES string of the molecule is Cc1cc(O)c(C(C)C)cc1C1(c2cc(C(C)C)c(OP(=O)(O)O)cc2C)OC(=O)c2ccccc21.[Na].[Na]. The number of aromatic hydroxyl groups is 1. The number of phenols is 1. The molecular formula is C28H31Na2O7P. The Kier molecular flexibility index (Phi) is 10.6. The molecule has 1 aliphatic rings. The first-order valence-electron chi connectivity index (χ1n) is 11.8. The van der Waals surface area contributed by atoms with Gasteiger partial charge in [-0.05, 0) is 78.3 Å². The Morgan fingerprint density at radius 2 is 1.37 bits per heavy atom. The number of rotatable bonds is 6. The van der Waals surface area contributed by atoms with Crippen molar-refractivity contribution in [1.82, 2.24) is 0 Å². The molecule has 1 atom stereocenters. The van der Waals surface area contributed by atoms with Crippen molar-refractivity contribution in [2.75, 3.05) is 0 Å². The Balaban J connectivity index is 0.00000253. The number of carbonyl (C=O) groups excluding carboxylic acids is 1. The van der Waals surface area contributed by atoms with E-state index in [2.05, 4.69) is 0 Å². The number of hydrogen-bond acceptors (Lipinski definition) is 5. The molecule has 1 aliphatic heterocycles. The number of aryl methyl sites for hydroxylation is 2. The standard InChI is InChI=1S/C28H31O7P.2Na/c1-15(2)20-13-23(17(5)11-25(20)29)28(22-10-8-7-9-19(22)27(30)34-28)24-14-21(16(3)4)26(12-18(24)6)35-36(31,32)33;;/h7-16,29H,1-6H3,(H2,31,32,33);;. The zero-order valence-electron chi connectivity index (χ0n) is 23.2. The summed E-state index contributed by atoms with van der Waals surface area (Å²) in [6.45, 7) is 11.4. The molecule has 0 amide bonds. The minimum atomic E-state index is -4.80. The molecule has 1 unspecified atom stereocenters. The Hall–Kier alpha value is -1.12. The van der Waals surface area contributed by atoms with E-state index in [1.54, 1.807) is 31.2 Å². The number of fused-ring (bicyclic) bond motifs is 1. The van der Waals surface area contributed by atoms with Crippen molar-refractivity contribution in [2.24, 2.45) is 0 Å². The topological polar surface area (TPSA) is 113 Å². The summed E-state index contributed by atoms with van der Waals surface area (Å²) in [6, 6.07) is 14.2. The van der Waals surface area contributed by atoms with E-state index < -0.39 is 19.4 Å². The summed E-state index contributed by atoms with van der Waals surface area (Å²) in [5, 5.41) is 10.6. The fourth-order valence-electron chi connectivity index (χ4n) is 5.05.